The van der Waals surface area contributed by atoms with E-state index in [2.05, 4.69) is 12.2 Å². The highest BCUT2D eigenvalue weighted by Gasteiger charge is 2.33. The van der Waals surface area contributed by atoms with Gasteiger partial charge in [0, 0.05) is 19.1 Å². The monoisotopic (exact) mass is 262 g/mol. The van der Waals surface area contributed by atoms with Gasteiger partial charge in [-0.1, -0.05) is 27.7 Å². The maximum atomic E-state index is 12.2. The molecule has 102 valence electrons. The topological polar surface area (TPSA) is 49.4 Å². The quantitative estimate of drug-likeness (QED) is 0.834. The fourth-order valence-corrected chi connectivity index (χ4v) is 4.55. The first-order valence-corrected chi connectivity index (χ1v) is 7.92. The van der Waals surface area contributed by atoms with Gasteiger partial charge in [0.25, 0.3) is 0 Å². The van der Waals surface area contributed by atoms with Gasteiger partial charge in [-0.15, -0.1) is 0 Å². The summed E-state index contributed by atoms with van der Waals surface area (Å²) in [5.41, 5.74) is -0.179. The summed E-state index contributed by atoms with van der Waals surface area (Å²) >= 11 is 0. The molecule has 0 radical (unpaired) electrons. The minimum atomic E-state index is -3.10. The minimum Gasteiger partial charge on any atom is -0.317 e. The van der Waals surface area contributed by atoms with Crippen LogP contribution in [0.25, 0.3) is 0 Å². The van der Waals surface area contributed by atoms with Crippen molar-refractivity contribution in [1.82, 2.24) is 9.62 Å². The second kappa shape index (κ2) is 5.24. The van der Waals surface area contributed by atoms with E-state index in [1.165, 1.54) is 0 Å². The van der Waals surface area contributed by atoms with Gasteiger partial charge in [0.15, 0.2) is 0 Å². The Morgan fingerprint density at radius 2 is 1.94 bits per heavy atom. The predicted molar refractivity (Wildman–Crippen MR) is 71.4 cm³/mol. The summed E-state index contributed by atoms with van der Waals surface area (Å²) in [6.45, 7) is 9.30. The molecule has 0 bridgehead atoms. The Hall–Kier alpha value is -0.130. The lowest BCUT2D eigenvalue weighted by atomic mass is 9.96. The van der Waals surface area contributed by atoms with Crippen molar-refractivity contribution in [1.29, 1.82) is 0 Å². The van der Waals surface area contributed by atoms with Crippen LogP contribution in [0.4, 0.5) is 0 Å². The first-order valence-electron chi connectivity index (χ1n) is 6.31. The summed E-state index contributed by atoms with van der Waals surface area (Å²) in [5, 5.41) is 3.25. The molecule has 1 heterocycles. The highest BCUT2D eigenvalue weighted by Crippen LogP contribution is 2.24. The lowest BCUT2D eigenvalue weighted by Crippen LogP contribution is -2.50. The number of sulfonamides is 1. The van der Waals surface area contributed by atoms with E-state index in [9.17, 15) is 8.42 Å². The van der Waals surface area contributed by atoms with Gasteiger partial charge < -0.3 is 5.32 Å². The Morgan fingerprint density at radius 1 is 1.35 bits per heavy atom. The molecule has 1 N–H and O–H groups in total. The van der Waals surface area contributed by atoms with E-state index in [1.807, 2.05) is 27.8 Å². The fourth-order valence-electron chi connectivity index (χ4n) is 2.43. The lowest BCUT2D eigenvalue weighted by molar-refractivity contribution is 0.226. The molecule has 0 aromatic heterocycles. The normalized spacial score (nSPS) is 28.3. The summed E-state index contributed by atoms with van der Waals surface area (Å²) in [5.74, 6) is 0.611. The number of hydrogen-bond acceptors (Lipinski definition) is 3. The third-order valence-corrected chi connectivity index (χ3v) is 5.60. The van der Waals surface area contributed by atoms with Gasteiger partial charge in [-0.05, 0) is 24.8 Å². The highest BCUT2D eigenvalue weighted by molar-refractivity contribution is 7.89. The molecule has 1 aliphatic heterocycles. The van der Waals surface area contributed by atoms with Crippen LogP contribution in [0.3, 0.4) is 0 Å². The van der Waals surface area contributed by atoms with Crippen LogP contribution in [0, 0.1) is 11.3 Å². The van der Waals surface area contributed by atoms with E-state index in [0.717, 1.165) is 6.42 Å². The van der Waals surface area contributed by atoms with Crippen molar-refractivity contribution in [2.75, 3.05) is 25.9 Å². The van der Waals surface area contributed by atoms with Gasteiger partial charge >= 0.3 is 0 Å². The molecule has 1 fully saturated rings. The number of nitrogens with zero attached hydrogens (tertiary/aromatic N) is 1. The smallest absolute Gasteiger partial charge is 0.214 e. The second-order valence-corrected chi connectivity index (χ2v) is 8.30. The van der Waals surface area contributed by atoms with Crippen molar-refractivity contribution in [3.63, 3.8) is 0 Å². The van der Waals surface area contributed by atoms with Crippen LogP contribution < -0.4 is 5.32 Å². The fraction of sp³-hybridized carbons (Fsp3) is 1.00. The largest absolute Gasteiger partial charge is 0.317 e. The number of rotatable bonds is 3. The summed E-state index contributed by atoms with van der Waals surface area (Å²) < 4.78 is 26.2. The van der Waals surface area contributed by atoms with E-state index < -0.39 is 10.0 Å². The van der Waals surface area contributed by atoms with Gasteiger partial charge in [0.2, 0.25) is 10.0 Å². The average molecular weight is 262 g/mol. The van der Waals surface area contributed by atoms with Crippen molar-refractivity contribution < 1.29 is 8.42 Å². The van der Waals surface area contributed by atoms with E-state index in [1.54, 1.807) is 4.31 Å². The van der Waals surface area contributed by atoms with Crippen LogP contribution in [0.2, 0.25) is 0 Å². The van der Waals surface area contributed by atoms with Crippen LogP contribution in [0.15, 0.2) is 0 Å². The molecule has 0 amide bonds. The molecular weight excluding hydrogens is 236 g/mol. The number of hydrogen-bond donors (Lipinski definition) is 1. The molecule has 5 heteroatoms. The molecule has 1 rings (SSSR count). The van der Waals surface area contributed by atoms with E-state index >= 15 is 0 Å². The Morgan fingerprint density at radius 3 is 2.35 bits per heavy atom. The zero-order valence-corrected chi connectivity index (χ0v) is 12.5. The third-order valence-electron chi connectivity index (χ3n) is 3.25. The highest BCUT2D eigenvalue weighted by atomic mass is 32.2. The molecule has 2 unspecified atom stereocenters. The molecule has 0 saturated carbocycles. The average Bonchev–Trinajstić information content (AvgIpc) is 2.13. The molecule has 1 aliphatic rings. The molecule has 0 spiro atoms. The molecule has 0 aliphatic carbocycles. The van der Waals surface area contributed by atoms with Gasteiger partial charge in [-0.25, -0.2) is 12.7 Å². The number of piperidine rings is 1. The molecule has 4 nitrogen and oxygen atoms in total. The molecular formula is C12H26N2O2S. The maximum absolute atomic E-state index is 12.2. The first-order chi connectivity index (χ1) is 7.65. The zero-order valence-electron chi connectivity index (χ0n) is 11.7. The van der Waals surface area contributed by atoms with Gasteiger partial charge in [0.1, 0.15) is 0 Å². The van der Waals surface area contributed by atoms with Crippen molar-refractivity contribution in [3.8, 4) is 0 Å². The van der Waals surface area contributed by atoms with E-state index in [-0.39, 0.29) is 11.2 Å². The SMILES string of the molecule is CNC1CCN(S(=O)(=O)CC(C)(C)C)CC1C. The standard InChI is InChI=1S/C12H26N2O2S/c1-10-8-14(7-6-11(10)13-5)17(15,16)9-12(2,3)4/h10-11,13H,6-9H2,1-5H3. The second-order valence-electron chi connectivity index (χ2n) is 6.34. The molecule has 17 heavy (non-hydrogen) atoms. The predicted octanol–water partition coefficient (Wildman–Crippen LogP) is 1.29. The molecule has 1 saturated heterocycles. The van der Waals surface area contributed by atoms with Crippen LogP contribution >= 0.6 is 0 Å². The third kappa shape index (κ3) is 4.23. The Balaban J connectivity index is 2.69. The van der Waals surface area contributed by atoms with E-state index in [4.69, 9.17) is 0 Å². The van der Waals surface area contributed by atoms with Crippen LogP contribution in [-0.4, -0.2) is 44.7 Å². The summed E-state index contributed by atoms with van der Waals surface area (Å²) in [4.78, 5) is 0. The first kappa shape index (κ1) is 14.9. The van der Waals surface area contributed by atoms with Crippen LogP contribution in [0.1, 0.15) is 34.1 Å². The Kier molecular flexibility index (Phi) is 4.60. The Bertz CT molecular complexity index is 346. The van der Waals surface area contributed by atoms with Gasteiger partial charge in [-0.2, -0.15) is 0 Å². The lowest BCUT2D eigenvalue weighted by Gasteiger charge is -2.37. The van der Waals surface area contributed by atoms with Crippen molar-refractivity contribution in [2.45, 2.75) is 40.2 Å². The van der Waals surface area contributed by atoms with Crippen molar-refractivity contribution in [2.24, 2.45) is 11.3 Å². The van der Waals surface area contributed by atoms with Crippen LogP contribution in [0.5, 0.6) is 0 Å². The molecule has 0 aromatic rings. The zero-order chi connectivity index (χ0) is 13.3. The van der Waals surface area contributed by atoms with E-state index in [0.29, 0.717) is 25.0 Å². The van der Waals surface area contributed by atoms with Gasteiger partial charge in [-0.3, -0.25) is 0 Å². The van der Waals surface area contributed by atoms with Gasteiger partial charge in [0.05, 0.1) is 5.75 Å². The Labute approximate surface area is 106 Å². The summed E-state index contributed by atoms with van der Waals surface area (Å²) in [6, 6.07) is 0.441. The molecule has 2 atom stereocenters. The molecule has 0 aromatic carbocycles. The van der Waals surface area contributed by atoms with Crippen molar-refractivity contribution in [3.05, 3.63) is 0 Å². The van der Waals surface area contributed by atoms with Crippen molar-refractivity contribution >= 4 is 10.0 Å². The minimum absolute atomic E-state index is 0.179. The maximum Gasteiger partial charge on any atom is 0.214 e. The summed E-state index contributed by atoms with van der Waals surface area (Å²) in [6.07, 6.45) is 0.904. The summed E-state index contributed by atoms with van der Waals surface area (Å²) in [7, 11) is -1.16. The van der Waals surface area contributed by atoms with Crippen LogP contribution in [-0.2, 0) is 10.0 Å². The number of nitrogens with one attached hydrogen (secondary N) is 1.